The summed E-state index contributed by atoms with van der Waals surface area (Å²) in [5.74, 6) is 0. The fraction of sp³-hybridized carbons (Fsp3) is 0. The van der Waals surface area contributed by atoms with Gasteiger partial charge in [0.2, 0.25) is 0 Å². The molecular formula is C11H9N3. The van der Waals surface area contributed by atoms with E-state index in [9.17, 15) is 0 Å². The van der Waals surface area contributed by atoms with Crippen molar-refractivity contribution in [2.45, 2.75) is 0 Å². The van der Waals surface area contributed by atoms with E-state index in [1.165, 1.54) is 6.33 Å². The molecule has 0 aliphatic rings. The second kappa shape index (κ2) is 6.32. The van der Waals surface area contributed by atoms with Crippen molar-refractivity contribution in [1.82, 2.24) is 9.97 Å². The lowest BCUT2D eigenvalue weighted by molar-refractivity contribution is 1.17. The summed E-state index contributed by atoms with van der Waals surface area (Å²) in [4.78, 5) is 7.35. The Morgan fingerprint density at radius 3 is 1.86 bits per heavy atom. The van der Waals surface area contributed by atoms with Crippen molar-refractivity contribution in [3.8, 4) is 6.07 Å². The molecule has 0 fully saturated rings. The summed E-state index contributed by atoms with van der Waals surface area (Å²) in [5, 5.41) is 8.29. The van der Waals surface area contributed by atoms with Gasteiger partial charge in [0.25, 0.3) is 0 Å². The number of nitrogens with zero attached hydrogens (tertiary/aromatic N) is 3. The summed E-state index contributed by atoms with van der Waals surface area (Å²) in [7, 11) is 0. The van der Waals surface area contributed by atoms with E-state index in [0.29, 0.717) is 5.56 Å². The third kappa shape index (κ3) is 3.98. The van der Waals surface area contributed by atoms with E-state index < -0.39 is 0 Å². The van der Waals surface area contributed by atoms with Crippen LogP contribution in [0.25, 0.3) is 0 Å². The largest absolute Gasteiger partial charge is 0.245 e. The number of benzene rings is 1. The van der Waals surface area contributed by atoms with Crippen molar-refractivity contribution in [1.29, 1.82) is 5.26 Å². The van der Waals surface area contributed by atoms with Crippen LogP contribution in [0.3, 0.4) is 0 Å². The van der Waals surface area contributed by atoms with Crippen LogP contribution in [0.15, 0.2) is 55.1 Å². The van der Waals surface area contributed by atoms with E-state index in [4.69, 9.17) is 5.26 Å². The molecule has 14 heavy (non-hydrogen) atoms. The van der Waals surface area contributed by atoms with Gasteiger partial charge < -0.3 is 0 Å². The fourth-order valence-corrected chi connectivity index (χ4v) is 0.766. The quantitative estimate of drug-likeness (QED) is 0.628. The summed E-state index contributed by atoms with van der Waals surface area (Å²) in [6.45, 7) is 0. The monoisotopic (exact) mass is 183 g/mol. The molecule has 1 heterocycles. The van der Waals surface area contributed by atoms with Gasteiger partial charge in [0.05, 0.1) is 11.6 Å². The first-order valence-electron chi connectivity index (χ1n) is 4.08. The smallest absolute Gasteiger partial charge is 0.115 e. The van der Waals surface area contributed by atoms with Gasteiger partial charge in [-0.2, -0.15) is 5.26 Å². The first-order valence-corrected chi connectivity index (χ1v) is 4.08. The Balaban J connectivity index is 0.000000146. The lowest BCUT2D eigenvalue weighted by Crippen LogP contribution is -1.66. The molecule has 0 spiro atoms. The van der Waals surface area contributed by atoms with Crippen molar-refractivity contribution in [2.24, 2.45) is 0 Å². The van der Waals surface area contributed by atoms with E-state index in [0.717, 1.165) is 0 Å². The highest BCUT2D eigenvalue weighted by Gasteiger charge is 1.79. The average Bonchev–Trinajstić information content (AvgIpc) is 2.33. The fourth-order valence-electron chi connectivity index (χ4n) is 0.766. The Hall–Kier alpha value is -2.21. The zero-order chi connectivity index (χ0) is 10.1. The van der Waals surface area contributed by atoms with Gasteiger partial charge in [0, 0.05) is 12.4 Å². The van der Waals surface area contributed by atoms with Gasteiger partial charge in [-0.25, -0.2) is 9.97 Å². The van der Waals surface area contributed by atoms with Crippen LogP contribution in [0.2, 0.25) is 0 Å². The molecule has 0 atom stereocenters. The van der Waals surface area contributed by atoms with E-state index >= 15 is 0 Å². The molecule has 0 N–H and O–H groups in total. The Bertz CT molecular complexity index is 352. The van der Waals surface area contributed by atoms with Crippen LogP contribution in [0.1, 0.15) is 5.56 Å². The molecule has 2 aromatic rings. The van der Waals surface area contributed by atoms with Crippen LogP contribution >= 0.6 is 0 Å². The zero-order valence-electron chi connectivity index (χ0n) is 7.54. The molecule has 0 aliphatic carbocycles. The number of aromatic nitrogens is 2. The van der Waals surface area contributed by atoms with Crippen molar-refractivity contribution in [3.05, 3.63) is 60.7 Å². The lowest BCUT2D eigenvalue weighted by Gasteiger charge is -1.80. The first kappa shape index (κ1) is 9.87. The molecule has 3 heteroatoms. The number of hydrogen-bond donors (Lipinski definition) is 0. The Morgan fingerprint density at radius 1 is 0.929 bits per heavy atom. The van der Waals surface area contributed by atoms with Gasteiger partial charge in [-0.1, -0.05) is 18.2 Å². The predicted octanol–water partition coefficient (Wildman–Crippen LogP) is 2.03. The Kier molecular flexibility index (Phi) is 4.46. The number of hydrogen-bond acceptors (Lipinski definition) is 3. The van der Waals surface area contributed by atoms with Gasteiger partial charge in [0.1, 0.15) is 6.33 Å². The molecule has 0 saturated heterocycles. The lowest BCUT2D eigenvalue weighted by atomic mass is 10.2. The van der Waals surface area contributed by atoms with Gasteiger partial charge in [-0.05, 0) is 18.2 Å². The molecule has 2 rings (SSSR count). The highest BCUT2D eigenvalue weighted by molar-refractivity contribution is 5.27. The molecule has 0 saturated carbocycles. The van der Waals surface area contributed by atoms with E-state index in [1.807, 2.05) is 24.3 Å². The van der Waals surface area contributed by atoms with Gasteiger partial charge in [0.15, 0.2) is 0 Å². The highest BCUT2D eigenvalue weighted by Crippen LogP contribution is 1.93. The van der Waals surface area contributed by atoms with Crippen LogP contribution in [0, 0.1) is 11.3 Å². The van der Waals surface area contributed by atoms with E-state index in [1.54, 1.807) is 30.6 Å². The SMILES string of the molecule is N#Cc1ccccc1.c1cncnc1. The third-order valence-electron chi connectivity index (χ3n) is 1.38. The zero-order valence-corrected chi connectivity index (χ0v) is 7.54. The molecule has 68 valence electrons. The molecule has 0 bridgehead atoms. The van der Waals surface area contributed by atoms with Crippen LogP contribution in [0.5, 0.6) is 0 Å². The highest BCUT2D eigenvalue weighted by atomic mass is 14.8. The molecule has 0 amide bonds. The predicted molar refractivity (Wildman–Crippen MR) is 53.2 cm³/mol. The van der Waals surface area contributed by atoms with Crippen molar-refractivity contribution in [2.75, 3.05) is 0 Å². The topological polar surface area (TPSA) is 49.6 Å². The number of nitriles is 1. The summed E-state index contributed by atoms with van der Waals surface area (Å²) >= 11 is 0. The van der Waals surface area contributed by atoms with Gasteiger partial charge >= 0.3 is 0 Å². The minimum atomic E-state index is 0.715. The van der Waals surface area contributed by atoms with E-state index in [-0.39, 0.29) is 0 Å². The van der Waals surface area contributed by atoms with Crippen molar-refractivity contribution in [3.63, 3.8) is 0 Å². The maximum Gasteiger partial charge on any atom is 0.115 e. The van der Waals surface area contributed by atoms with Gasteiger partial charge in [-0.15, -0.1) is 0 Å². The molecule has 0 radical (unpaired) electrons. The second-order valence-electron chi connectivity index (χ2n) is 2.38. The van der Waals surface area contributed by atoms with E-state index in [2.05, 4.69) is 9.97 Å². The average molecular weight is 183 g/mol. The van der Waals surface area contributed by atoms with Crippen LogP contribution in [0.4, 0.5) is 0 Å². The minimum Gasteiger partial charge on any atom is -0.245 e. The second-order valence-corrected chi connectivity index (χ2v) is 2.38. The molecule has 0 aliphatic heterocycles. The van der Waals surface area contributed by atoms with Crippen molar-refractivity contribution < 1.29 is 0 Å². The molecule has 1 aromatic heterocycles. The maximum atomic E-state index is 8.29. The number of rotatable bonds is 0. The van der Waals surface area contributed by atoms with Crippen LogP contribution in [-0.4, -0.2) is 9.97 Å². The molecule has 0 unspecified atom stereocenters. The summed E-state index contributed by atoms with van der Waals surface area (Å²) in [5.41, 5.74) is 0.715. The summed E-state index contributed by atoms with van der Waals surface area (Å²) < 4.78 is 0. The Labute approximate surface area is 82.7 Å². The summed E-state index contributed by atoms with van der Waals surface area (Å²) in [6.07, 6.45) is 4.88. The van der Waals surface area contributed by atoms with Crippen molar-refractivity contribution >= 4 is 0 Å². The van der Waals surface area contributed by atoms with Crippen LogP contribution < -0.4 is 0 Å². The standard InChI is InChI=1S/C7H5N.C4H4N2/c8-6-7-4-2-1-3-5-7;1-2-5-4-6-3-1/h1-5H;1-4H. The van der Waals surface area contributed by atoms with Crippen LogP contribution in [-0.2, 0) is 0 Å². The summed E-state index contributed by atoms with van der Waals surface area (Å²) in [6, 6.07) is 12.9. The molecular weight excluding hydrogens is 174 g/mol. The Morgan fingerprint density at radius 2 is 1.57 bits per heavy atom. The first-order chi connectivity index (χ1) is 6.93. The molecule has 1 aromatic carbocycles. The third-order valence-corrected chi connectivity index (χ3v) is 1.38. The normalized spacial score (nSPS) is 7.93. The molecule has 3 nitrogen and oxygen atoms in total. The van der Waals surface area contributed by atoms with Gasteiger partial charge in [-0.3, -0.25) is 0 Å². The minimum absolute atomic E-state index is 0.715. The maximum absolute atomic E-state index is 8.29.